The van der Waals surface area contributed by atoms with E-state index in [1.165, 1.54) is 6.20 Å². The number of hydrogen-bond donors (Lipinski definition) is 1. The standard InChI is InChI=1S/C6H4FN3/c7-5-2-10-3-6(9)4(5)1-8/h2-3H,9H2. The lowest BCUT2D eigenvalue weighted by molar-refractivity contribution is 0.618. The quantitative estimate of drug-likeness (QED) is 0.571. The second-order valence-electron chi connectivity index (χ2n) is 1.70. The molecule has 10 heavy (non-hydrogen) atoms. The van der Waals surface area contributed by atoms with Crippen molar-refractivity contribution in [2.45, 2.75) is 0 Å². The van der Waals surface area contributed by atoms with Crippen molar-refractivity contribution in [1.29, 1.82) is 5.26 Å². The molecule has 0 saturated carbocycles. The van der Waals surface area contributed by atoms with E-state index in [1.807, 2.05) is 0 Å². The fourth-order valence-corrected chi connectivity index (χ4v) is 0.568. The molecule has 0 bridgehead atoms. The van der Waals surface area contributed by atoms with Crippen molar-refractivity contribution in [3.63, 3.8) is 0 Å². The molecule has 1 aromatic rings. The molecule has 0 unspecified atom stereocenters. The molecule has 3 nitrogen and oxygen atoms in total. The van der Waals surface area contributed by atoms with Gasteiger partial charge in [-0.2, -0.15) is 5.26 Å². The topological polar surface area (TPSA) is 62.7 Å². The van der Waals surface area contributed by atoms with Crippen LogP contribution in [0.15, 0.2) is 12.4 Å². The fourth-order valence-electron chi connectivity index (χ4n) is 0.568. The lowest BCUT2D eigenvalue weighted by atomic mass is 10.2. The summed E-state index contributed by atoms with van der Waals surface area (Å²) in [5, 5.41) is 8.30. The summed E-state index contributed by atoms with van der Waals surface area (Å²) >= 11 is 0. The Morgan fingerprint density at radius 3 is 2.70 bits per heavy atom. The summed E-state index contributed by atoms with van der Waals surface area (Å²) in [4.78, 5) is 3.44. The van der Waals surface area contributed by atoms with E-state index in [1.54, 1.807) is 6.07 Å². The summed E-state index contributed by atoms with van der Waals surface area (Å²) in [6.45, 7) is 0. The molecule has 0 aliphatic heterocycles. The maximum absolute atomic E-state index is 12.5. The largest absolute Gasteiger partial charge is 0.396 e. The SMILES string of the molecule is N#Cc1c(N)cncc1F. The van der Waals surface area contributed by atoms with Crippen LogP contribution in [0.3, 0.4) is 0 Å². The summed E-state index contributed by atoms with van der Waals surface area (Å²) in [5.74, 6) is -0.678. The van der Waals surface area contributed by atoms with Crippen molar-refractivity contribution in [2.75, 3.05) is 5.73 Å². The van der Waals surface area contributed by atoms with E-state index in [0.717, 1.165) is 6.20 Å². The Bertz CT molecular complexity index is 269. The van der Waals surface area contributed by atoms with Crippen LogP contribution in [-0.4, -0.2) is 4.98 Å². The van der Waals surface area contributed by atoms with Gasteiger partial charge in [0, 0.05) is 0 Å². The van der Waals surface area contributed by atoms with E-state index < -0.39 is 5.82 Å². The third-order valence-electron chi connectivity index (χ3n) is 1.04. The highest BCUT2D eigenvalue weighted by Crippen LogP contribution is 2.10. The predicted octanol–water partition coefficient (Wildman–Crippen LogP) is 0.675. The van der Waals surface area contributed by atoms with Crippen LogP contribution in [0.25, 0.3) is 0 Å². The molecule has 1 rings (SSSR count). The number of nitrogens with two attached hydrogens (primary N) is 1. The number of pyridine rings is 1. The molecular weight excluding hydrogens is 133 g/mol. The van der Waals surface area contributed by atoms with Crippen LogP contribution in [0, 0.1) is 17.1 Å². The Labute approximate surface area is 56.9 Å². The second kappa shape index (κ2) is 2.31. The lowest BCUT2D eigenvalue weighted by Crippen LogP contribution is -1.94. The third kappa shape index (κ3) is 0.890. The average Bonchev–Trinajstić information content (AvgIpc) is 1.88. The first-order valence-corrected chi connectivity index (χ1v) is 2.55. The van der Waals surface area contributed by atoms with Crippen molar-refractivity contribution in [2.24, 2.45) is 0 Å². The highest BCUT2D eigenvalue weighted by Gasteiger charge is 2.03. The second-order valence-corrected chi connectivity index (χ2v) is 1.70. The summed E-state index contributed by atoms with van der Waals surface area (Å²) in [5.41, 5.74) is 5.14. The molecule has 0 aromatic carbocycles. The molecule has 2 N–H and O–H groups in total. The van der Waals surface area contributed by atoms with Crippen molar-refractivity contribution in [3.8, 4) is 6.07 Å². The molecule has 4 heteroatoms. The van der Waals surface area contributed by atoms with Crippen molar-refractivity contribution < 1.29 is 4.39 Å². The van der Waals surface area contributed by atoms with E-state index >= 15 is 0 Å². The minimum atomic E-state index is -0.678. The minimum absolute atomic E-state index is 0.0718. The van der Waals surface area contributed by atoms with Crippen LogP contribution in [0.4, 0.5) is 10.1 Å². The molecular formula is C6H4FN3. The van der Waals surface area contributed by atoms with E-state index in [0.29, 0.717) is 0 Å². The molecule has 1 aromatic heterocycles. The molecule has 0 spiro atoms. The van der Waals surface area contributed by atoms with Crippen LogP contribution >= 0.6 is 0 Å². The highest BCUT2D eigenvalue weighted by atomic mass is 19.1. The molecule has 0 saturated heterocycles. The number of rotatable bonds is 0. The van der Waals surface area contributed by atoms with Gasteiger partial charge in [0.1, 0.15) is 11.6 Å². The van der Waals surface area contributed by atoms with Gasteiger partial charge in [-0.05, 0) is 0 Å². The normalized spacial score (nSPS) is 8.80. The third-order valence-corrected chi connectivity index (χ3v) is 1.04. The Hall–Kier alpha value is -1.63. The summed E-state index contributed by atoms with van der Waals surface area (Å²) < 4.78 is 12.5. The van der Waals surface area contributed by atoms with Crippen LogP contribution in [0.1, 0.15) is 5.56 Å². The molecule has 0 fully saturated rings. The molecule has 0 aliphatic rings. The van der Waals surface area contributed by atoms with Gasteiger partial charge < -0.3 is 5.73 Å². The summed E-state index contributed by atoms with van der Waals surface area (Å²) in [6, 6.07) is 1.62. The molecule has 0 radical (unpaired) electrons. The first-order valence-electron chi connectivity index (χ1n) is 2.55. The van der Waals surface area contributed by atoms with Crippen LogP contribution < -0.4 is 5.73 Å². The van der Waals surface area contributed by atoms with Crippen molar-refractivity contribution >= 4 is 5.69 Å². The number of nitrogen functional groups attached to an aromatic ring is 1. The smallest absolute Gasteiger partial charge is 0.161 e. The van der Waals surface area contributed by atoms with Gasteiger partial charge in [-0.3, -0.25) is 4.98 Å². The van der Waals surface area contributed by atoms with Gasteiger partial charge in [0.2, 0.25) is 0 Å². The number of nitriles is 1. The van der Waals surface area contributed by atoms with Gasteiger partial charge in [-0.15, -0.1) is 0 Å². The van der Waals surface area contributed by atoms with Gasteiger partial charge in [0.05, 0.1) is 18.1 Å². The lowest BCUT2D eigenvalue weighted by Gasteiger charge is -1.94. The molecule has 0 aliphatic carbocycles. The highest BCUT2D eigenvalue weighted by molar-refractivity contribution is 5.52. The zero-order chi connectivity index (χ0) is 7.56. The van der Waals surface area contributed by atoms with Gasteiger partial charge in [0.15, 0.2) is 5.82 Å². The first-order chi connectivity index (χ1) is 4.75. The van der Waals surface area contributed by atoms with E-state index in [-0.39, 0.29) is 11.3 Å². The van der Waals surface area contributed by atoms with Gasteiger partial charge in [-0.25, -0.2) is 4.39 Å². The van der Waals surface area contributed by atoms with Crippen molar-refractivity contribution in [3.05, 3.63) is 23.8 Å². The number of halogens is 1. The Morgan fingerprint density at radius 2 is 2.30 bits per heavy atom. The zero-order valence-corrected chi connectivity index (χ0v) is 5.00. The van der Waals surface area contributed by atoms with E-state index in [4.69, 9.17) is 11.0 Å². The predicted molar refractivity (Wildman–Crippen MR) is 33.3 cm³/mol. The van der Waals surface area contributed by atoms with Gasteiger partial charge in [0.25, 0.3) is 0 Å². The maximum atomic E-state index is 12.5. The first kappa shape index (κ1) is 6.49. The molecule has 50 valence electrons. The summed E-state index contributed by atoms with van der Waals surface area (Å²) in [6.07, 6.45) is 2.19. The van der Waals surface area contributed by atoms with Crippen molar-refractivity contribution in [1.82, 2.24) is 4.98 Å². The molecule has 1 heterocycles. The molecule has 0 atom stereocenters. The Balaban J connectivity index is 3.34. The Morgan fingerprint density at radius 1 is 1.60 bits per heavy atom. The summed E-state index contributed by atoms with van der Waals surface area (Å²) in [7, 11) is 0. The minimum Gasteiger partial charge on any atom is -0.396 e. The number of aromatic nitrogens is 1. The van der Waals surface area contributed by atoms with E-state index in [2.05, 4.69) is 4.98 Å². The van der Waals surface area contributed by atoms with Gasteiger partial charge in [-0.1, -0.05) is 0 Å². The maximum Gasteiger partial charge on any atom is 0.161 e. The van der Waals surface area contributed by atoms with Crippen LogP contribution in [0.2, 0.25) is 0 Å². The fraction of sp³-hybridized carbons (Fsp3) is 0. The van der Waals surface area contributed by atoms with Gasteiger partial charge >= 0.3 is 0 Å². The zero-order valence-electron chi connectivity index (χ0n) is 5.00. The number of anilines is 1. The van der Waals surface area contributed by atoms with E-state index in [9.17, 15) is 4.39 Å². The van der Waals surface area contributed by atoms with Crippen LogP contribution in [0.5, 0.6) is 0 Å². The average molecular weight is 137 g/mol. The Kier molecular flexibility index (Phi) is 1.50. The monoisotopic (exact) mass is 137 g/mol. The number of hydrogen-bond acceptors (Lipinski definition) is 3. The molecule has 0 amide bonds. The number of nitrogens with zero attached hydrogens (tertiary/aromatic N) is 2. The van der Waals surface area contributed by atoms with Crippen LogP contribution in [-0.2, 0) is 0 Å².